The second kappa shape index (κ2) is 9.23. The Morgan fingerprint density at radius 2 is 1.15 bits per heavy atom. The molecule has 0 atom stereocenters. The van der Waals surface area contributed by atoms with Gasteiger partial charge in [0.2, 0.25) is 0 Å². The number of benzene rings is 1. The summed E-state index contributed by atoms with van der Waals surface area (Å²) in [7, 11) is -9.28. The van der Waals surface area contributed by atoms with Crippen molar-refractivity contribution < 1.29 is 43.6 Å². The first kappa shape index (κ1) is 21.5. The molecule has 0 amide bonds. The fraction of sp³-hybridized carbons (Fsp3) is 0.333. The Balaban J connectivity index is 0. The van der Waals surface area contributed by atoms with Gasteiger partial charge in [-0.3, -0.25) is 0 Å². The van der Waals surface area contributed by atoms with Crippen LogP contribution in [0, 0.1) is 0 Å². The van der Waals surface area contributed by atoms with Gasteiger partial charge in [-0.2, -0.15) is 0 Å². The monoisotopic (exact) mass is 332 g/mol. The summed E-state index contributed by atoms with van der Waals surface area (Å²) in [5.41, 5.74) is 1.02. The maximum absolute atomic E-state index is 9.28. The highest BCUT2D eigenvalue weighted by Crippen LogP contribution is 2.26. The lowest BCUT2D eigenvalue weighted by Gasteiger charge is -2.05. The van der Waals surface area contributed by atoms with Crippen LogP contribution in [0.25, 0.3) is 0 Å². The summed E-state index contributed by atoms with van der Waals surface area (Å²) in [4.78, 5) is 43.1. The highest BCUT2D eigenvalue weighted by molar-refractivity contribution is 7.45. The number of hydrogen-bond acceptors (Lipinski definition) is 3. The predicted octanol–water partition coefficient (Wildman–Crippen LogP) is 0.658. The molecule has 1 rings (SSSR count). The Morgan fingerprint density at radius 3 is 1.35 bits per heavy atom. The standard InChI is InChI=1S/C9H12O.2H3O4P/c1-7(2)8-5-3-4-6-9(8)10;2*1-5(2,3)4/h3-7,10H,1-2H3;2*(H3,1,2,3,4). The molecule has 0 saturated heterocycles. The van der Waals surface area contributed by atoms with Gasteiger partial charge in [-0.15, -0.1) is 0 Å². The number of rotatable bonds is 1. The van der Waals surface area contributed by atoms with E-state index in [4.69, 9.17) is 38.5 Å². The predicted molar refractivity (Wildman–Crippen MR) is 70.7 cm³/mol. The molecule has 118 valence electrons. The molecular weight excluding hydrogens is 314 g/mol. The molecule has 0 aliphatic heterocycles. The van der Waals surface area contributed by atoms with Crippen LogP contribution in [0.4, 0.5) is 0 Å². The minimum absolute atomic E-state index is 0.400. The zero-order valence-electron chi connectivity index (χ0n) is 10.7. The van der Waals surface area contributed by atoms with Crippen molar-refractivity contribution in [2.24, 2.45) is 0 Å². The van der Waals surface area contributed by atoms with Crippen molar-refractivity contribution in [3.8, 4) is 5.75 Å². The van der Waals surface area contributed by atoms with Crippen molar-refractivity contribution in [2.45, 2.75) is 19.8 Å². The van der Waals surface area contributed by atoms with Gasteiger partial charge in [0, 0.05) is 0 Å². The van der Waals surface area contributed by atoms with Gasteiger partial charge in [0.25, 0.3) is 0 Å². The maximum atomic E-state index is 9.28. The second-order valence-corrected chi connectivity index (χ2v) is 5.79. The quantitative estimate of drug-likeness (QED) is 0.364. The van der Waals surface area contributed by atoms with Crippen LogP contribution in [0.15, 0.2) is 24.3 Å². The molecule has 0 radical (unpaired) electrons. The third kappa shape index (κ3) is 22.4. The molecular formula is C9H18O9P2. The Morgan fingerprint density at radius 1 is 0.850 bits per heavy atom. The molecule has 0 bridgehead atoms. The Kier molecular flexibility index (Phi) is 9.94. The van der Waals surface area contributed by atoms with E-state index < -0.39 is 15.6 Å². The number of phosphoric acid groups is 2. The van der Waals surface area contributed by atoms with E-state index in [1.807, 2.05) is 18.2 Å². The second-order valence-electron chi connectivity index (χ2n) is 3.74. The highest BCUT2D eigenvalue weighted by atomic mass is 31.2. The van der Waals surface area contributed by atoms with Gasteiger partial charge in [-0.1, -0.05) is 32.0 Å². The lowest BCUT2D eigenvalue weighted by atomic mass is 10.0. The summed E-state index contributed by atoms with van der Waals surface area (Å²) in [5.74, 6) is 0.804. The zero-order chi connectivity index (χ0) is 16.6. The average Bonchev–Trinajstić information content (AvgIpc) is 2.12. The van der Waals surface area contributed by atoms with Crippen LogP contribution in [0.5, 0.6) is 5.75 Å². The van der Waals surface area contributed by atoms with Crippen LogP contribution in [-0.4, -0.2) is 34.5 Å². The van der Waals surface area contributed by atoms with Gasteiger partial charge >= 0.3 is 15.6 Å². The van der Waals surface area contributed by atoms with E-state index in [0.29, 0.717) is 11.7 Å². The molecule has 0 aliphatic carbocycles. The maximum Gasteiger partial charge on any atom is 0.466 e. The Hall–Kier alpha value is -0.760. The van der Waals surface area contributed by atoms with Gasteiger partial charge < -0.3 is 34.5 Å². The molecule has 11 heteroatoms. The minimum atomic E-state index is -4.64. The van der Waals surface area contributed by atoms with Crippen molar-refractivity contribution in [3.63, 3.8) is 0 Å². The summed E-state index contributed by atoms with van der Waals surface area (Å²) in [6.07, 6.45) is 0. The minimum Gasteiger partial charge on any atom is -0.508 e. The van der Waals surface area contributed by atoms with Crippen molar-refractivity contribution in [3.05, 3.63) is 29.8 Å². The molecule has 1 aromatic carbocycles. The zero-order valence-corrected chi connectivity index (χ0v) is 12.5. The topological polar surface area (TPSA) is 176 Å². The fourth-order valence-corrected chi connectivity index (χ4v) is 0.976. The molecule has 0 unspecified atom stereocenters. The van der Waals surface area contributed by atoms with Crippen molar-refractivity contribution >= 4 is 15.6 Å². The summed E-state index contributed by atoms with van der Waals surface area (Å²) < 4.78 is 17.8. The van der Waals surface area contributed by atoms with Gasteiger partial charge in [0.15, 0.2) is 0 Å². The fourth-order valence-electron chi connectivity index (χ4n) is 0.976. The van der Waals surface area contributed by atoms with Crippen LogP contribution in [0.3, 0.4) is 0 Å². The number of phenols is 1. The van der Waals surface area contributed by atoms with Crippen molar-refractivity contribution in [1.29, 1.82) is 0 Å². The highest BCUT2D eigenvalue weighted by Gasteiger charge is 2.02. The van der Waals surface area contributed by atoms with Crippen LogP contribution >= 0.6 is 15.6 Å². The van der Waals surface area contributed by atoms with Gasteiger partial charge in [0.05, 0.1) is 0 Å². The van der Waals surface area contributed by atoms with Gasteiger partial charge in [0.1, 0.15) is 5.75 Å². The first-order valence-corrected chi connectivity index (χ1v) is 8.19. The Bertz CT molecular complexity index is 440. The van der Waals surface area contributed by atoms with E-state index in [9.17, 15) is 5.11 Å². The summed E-state index contributed by atoms with van der Waals surface area (Å²) >= 11 is 0. The van der Waals surface area contributed by atoms with Crippen LogP contribution in [0.1, 0.15) is 25.3 Å². The average molecular weight is 332 g/mol. The van der Waals surface area contributed by atoms with Gasteiger partial charge in [-0.05, 0) is 17.5 Å². The number of para-hydroxylation sites is 1. The number of phenolic OH excluding ortho intramolecular Hbond substituents is 1. The van der Waals surface area contributed by atoms with Crippen molar-refractivity contribution in [1.82, 2.24) is 0 Å². The summed E-state index contributed by atoms with van der Waals surface area (Å²) in [5, 5.41) is 9.28. The van der Waals surface area contributed by atoms with E-state index in [1.54, 1.807) is 6.07 Å². The molecule has 20 heavy (non-hydrogen) atoms. The molecule has 0 heterocycles. The van der Waals surface area contributed by atoms with Gasteiger partial charge in [-0.25, -0.2) is 9.13 Å². The molecule has 0 saturated carbocycles. The molecule has 1 aromatic rings. The molecule has 0 aliphatic rings. The third-order valence-corrected chi connectivity index (χ3v) is 1.56. The van der Waals surface area contributed by atoms with E-state index in [2.05, 4.69) is 13.8 Å². The summed E-state index contributed by atoms with van der Waals surface area (Å²) in [6.45, 7) is 4.13. The van der Waals surface area contributed by atoms with E-state index >= 15 is 0 Å². The first-order valence-electron chi connectivity index (χ1n) is 5.06. The van der Waals surface area contributed by atoms with E-state index in [0.717, 1.165) is 5.56 Å². The smallest absolute Gasteiger partial charge is 0.466 e. The number of hydrogen-bond donors (Lipinski definition) is 7. The lowest BCUT2D eigenvalue weighted by Crippen LogP contribution is -1.85. The normalized spacial score (nSPS) is 11.1. The summed E-state index contributed by atoms with van der Waals surface area (Å²) in [6, 6.07) is 7.44. The van der Waals surface area contributed by atoms with Crippen LogP contribution < -0.4 is 0 Å². The molecule has 0 aromatic heterocycles. The van der Waals surface area contributed by atoms with E-state index in [-0.39, 0.29) is 0 Å². The first-order chi connectivity index (χ1) is 8.72. The lowest BCUT2D eigenvalue weighted by molar-refractivity contribution is 0.272. The molecule has 9 nitrogen and oxygen atoms in total. The SMILES string of the molecule is CC(C)c1ccccc1O.O=P(O)(O)O.O=P(O)(O)O. The Labute approximate surface area is 115 Å². The molecule has 0 spiro atoms. The van der Waals surface area contributed by atoms with Crippen molar-refractivity contribution in [2.75, 3.05) is 0 Å². The number of aromatic hydroxyl groups is 1. The third-order valence-electron chi connectivity index (χ3n) is 1.56. The molecule has 7 N–H and O–H groups in total. The van der Waals surface area contributed by atoms with E-state index in [1.165, 1.54) is 0 Å². The van der Waals surface area contributed by atoms with Crippen LogP contribution in [0.2, 0.25) is 0 Å². The van der Waals surface area contributed by atoms with Crippen LogP contribution in [-0.2, 0) is 9.13 Å². The molecule has 0 fully saturated rings. The largest absolute Gasteiger partial charge is 0.508 e.